The van der Waals surface area contributed by atoms with Crippen LogP contribution in [0.25, 0.3) is 0 Å². The molecule has 7 heteroatoms. The fourth-order valence-corrected chi connectivity index (χ4v) is 4.98. The number of hydrogen-bond donors (Lipinski definition) is 0. The average Bonchev–Trinajstić information content (AvgIpc) is 3.25. The van der Waals surface area contributed by atoms with E-state index in [4.69, 9.17) is 9.47 Å². The van der Waals surface area contributed by atoms with Crippen molar-refractivity contribution in [2.45, 2.75) is 5.37 Å². The number of carbonyl (C=O) groups is 1. The van der Waals surface area contributed by atoms with Gasteiger partial charge in [-0.15, -0.1) is 11.8 Å². The molecule has 30 heavy (non-hydrogen) atoms. The van der Waals surface area contributed by atoms with E-state index in [2.05, 4.69) is 15.9 Å². The van der Waals surface area contributed by atoms with Crippen LogP contribution in [0.1, 0.15) is 21.3 Å². The zero-order chi connectivity index (χ0) is 21.1. The van der Waals surface area contributed by atoms with E-state index in [1.807, 2.05) is 23.1 Å². The predicted octanol–water partition coefficient (Wildman–Crippen LogP) is 6.28. The van der Waals surface area contributed by atoms with Gasteiger partial charge in [0.15, 0.2) is 0 Å². The Hall–Kier alpha value is -2.51. The highest BCUT2D eigenvalue weighted by molar-refractivity contribution is 9.10. The molecule has 1 saturated heterocycles. The van der Waals surface area contributed by atoms with Gasteiger partial charge in [-0.05, 0) is 60.7 Å². The summed E-state index contributed by atoms with van der Waals surface area (Å²) < 4.78 is 25.3. The zero-order valence-electron chi connectivity index (χ0n) is 16.2. The summed E-state index contributed by atoms with van der Waals surface area (Å²) in [5.74, 6) is 2.23. The lowest BCUT2D eigenvalue weighted by molar-refractivity contribution is 0.0759. The highest BCUT2D eigenvalue weighted by Crippen LogP contribution is 2.43. The standard InChI is InChI=1S/C23H19BrFNO3S/c1-28-21-10-5-16(24)14-20(21)23-26(11-12-30-23)22(27)15-3-2-4-19(13-15)29-18-8-6-17(25)7-9-18/h2-10,13-14,23H,11-12H2,1H3. The first-order valence-corrected chi connectivity index (χ1v) is 11.2. The third-order valence-electron chi connectivity index (χ3n) is 4.74. The Labute approximate surface area is 187 Å². The topological polar surface area (TPSA) is 38.8 Å². The minimum Gasteiger partial charge on any atom is -0.496 e. The number of thioether (sulfide) groups is 1. The van der Waals surface area contributed by atoms with E-state index in [0.717, 1.165) is 21.5 Å². The lowest BCUT2D eigenvalue weighted by Crippen LogP contribution is -2.30. The van der Waals surface area contributed by atoms with Crippen LogP contribution in [0.3, 0.4) is 0 Å². The van der Waals surface area contributed by atoms with E-state index < -0.39 is 0 Å². The zero-order valence-corrected chi connectivity index (χ0v) is 18.6. The molecule has 0 bridgehead atoms. The number of benzene rings is 3. The van der Waals surface area contributed by atoms with Crippen LogP contribution in [0.4, 0.5) is 4.39 Å². The number of halogens is 2. The summed E-state index contributed by atoms with van der Waals surface area (Å²) in [5, 5.41) is -0.133. The van der Waals surface area contributed by atoms with E-state index in [0.29, 0.717) is 23.6 Å². The molecule has 1 unspecified atom stereocenters. The van der Waals surface area contributed by atoms with Gasteiger partial charge in [0.1, 0.15) is 28.4 Å². The largest absolute Gasteiger partial charge is 0.496 e. The maximum Gasteiger partial charge on any atom is 0.255 e. The lowest BCUT2D eigenvalue weighted by atomic mass is 10.1. The Morgan fingerprint density at radius 3 is 2.67 bits per heavy atom. The molecular weight excluding hydrogens is 469 g/mol. The van der Waals surface area contributed by atoms with Crippen LogP contribution in [-0.2, 0) is 0 Å². The van der Waals surface area contributed by atoms with Crippen LogP contribution in [0, 0.1) is 5.82 Å². The SMILES string of the molecule is COc1ccc(Br)cc1C1SCCN1C(=O)c1cccc(Oc2ccc(F)cc2)c1. The predicted molar refractivity (Wildman–Crippen MR) is 120 cm³/mol. The van der Waals surface area contributed by atoms with Crippen LogP contribution in [0.15, 0.2) is 71.2 Å². The second-order valence-electron chi connectivity index (χ2n) is 6.69. The van der Waals surface area contributed by atoms with Gasteiger partial charge in [0.25, 0.3) is 5.91 Å². The fourth-order valence-electron chi connectivity index (χ4n) is 3.33. The summed E-state index contributed by atoms with van der Waals surface area (Å²) in [4.78, 5) is 15.2. The van der Waals surface area contributed by atoms with Crippen molar-refractivity contribution in [2.24, 2.45) is 0 Å². The van der Waals surface area contributed by atoms with Gasteiger partial charge in [0, 0.05) is 27.9 Å². The van der Waals surface area contributed by atoms with Crippen molar-refractivity contribution in [1.82, 2.24) is 4.90 Å². The summed E-state index contributed by atoms with van der Waals surface area (Å²) in [7, 11) is 1.63. The molecule has 1 fully saturated rings. The first kappa shape index (κ1) is 20.8. The maximum absolute atomic E-state index is 13.3. The Bertz CT molecular complexity index is 1060. The minimum absolute atomic E-state index is 0.0726. The summed E-state index contributed by atoms with van der Waals surface area (Å²) in [6, 6.07) is 18.6. The Kier molecular flexibility index (Phi) is 6.29. The highest BCUT2D eigenvalue weighted by Gasteiger charge is 2.33. The molecule has 0 N–H and O–H groups in total. The van der Waals surface area contributed by atoms with E-state index in [1.165, 1.54) is 12.1 Å². The number of methoxy groups -OCH3 is 1. The third-order valence-corrected chi connectivity index (χ3v) is 6.48. The molecule has 0 aromatic heterocycles. The first-order chi connectivity index (χ1) is 14.5. The summed E-state index contributed by atoms with van der Waals surface area (Å²) >= 11 is 5.22. The second kappa shape index (κ2) is 9.10. The number of ether oxygens (including phenoxy) is 2. The van der Waals surface area contributed by atoms with Gasteiger partial charge in [-0.1, -0.05) is 22.0 Å². The normalized spacial score (nSPS) is 15.8. The molecule has 0 spiro atoms. The van der Waals surface area contributed by atoms with Crippen molar-refractivity contribution in [1.29, 1.82) is 0 Å². The molecule has 4 rings (SSSR count). The van der Waals surface area contributed by atoms with E-state index in [9.17, 15) is 9.18 Å². The molecule has 1 atom stereocenters. The molecule has 0 aliphatic carbocycles. The van der Waals surface area contributed by atoms with Crippen molar-refractivity contribution < 1.29 is 18.7 Å². The Morgan fingerprint density at radius 2 is 1.90 bits per heavy atom. The molecular formula is C23H19BrFNO3S. The van der Waals surface area contributed by atoms with Crippen molar-refractivity contribution in [3.05, 3.63) is 88.1 Å². The number of carbonyl (C=O) groups excluding carboxylic acids is 1. The van der Waals surface area contributed by atoms with E-state index in [1.54, 1.807) is 55.3 Å². The molecule has 3 aromatic rings. The number of hydrogen-bond acceptors (Lipinski definition) is 4. The van der Waals surface area contributed by atoms with Gasteiger partial charge < -0.3 is 14.4 Å². The molecule has 1 heterocycles. The van der Waals surface area contributed by atoms with Gasteiger partial charge in [-0.25, -0.2) is 4.39 Å². The number of amides is 1. The van der Waals surface area contributed by atoms with Crippen molar-refractivity contribution >= 4 is 33.6 Å². The summed E-state index contributed by atoms with van der Waals surface area (Å²) in [5.41, 5.74) is 1.50. The molecule has 0 radical (unpaired) electrons. The highest BCUT2D eigenvalue weighted by atomic mass is 79.9. The molecule has 1 amide bonds. The van der Waals surface area contributed by atoms with Crippen LogP contribution < -0.4 is 9.47 Å². The molecule has 154 valence electrons. The van der Waals surface area contributed by atoms with Crippen molar-refractivity contribution in [3.8, 4) is 17.2 Å². The van der Waals surface area contributed by atoms with E-state index in [-0.39, 0.29) is 17.1 Å². The van der Waals surface area contributed by atoms with Gasteiger partial charge in [0.05, 0.1) is 7.11 Å². The van der Waals surface area contributed by atoms with Crippen molar-refractivity contribution in [2.75, 3.05) is 19.4 Å². The molecule has 1 aliphatic heterocycles. The molecule has 1 aliphatic rings. The quantitative estimate of drug-likeness (QED) is 0.424. The van der Waals surface area contributed by atoms with Gasteiger partial charge in [0.2, 0.25) is 0 Å². The Morgan fingerprint density at radius 1 is 1.10 bits per heavy atom. The monoisotopic (exact) mass is 487 g/mol. The summed E-state index contributed by atoms with van der Waals surface area (Å²) in [6.45, 7) is 0.646. The Balaban J connectivity index is 1.58. The average molecular weight is 488 g/mol. The van der Waals surface area contributed by atoms with E-state index >= 15 is 0 Å². The van der Waals surface area contributed by atoms with Gasteiger partial charge in [-0.2, -0.15) is 0 Å². The van der Waals surface area contributed by atoms with Crippen LogP contribution in [0.2, 0.25) is 0 Å². The van der Waals surface area contributed by atoms with Crippen molar-refractivity contribution in [3.63, 3.8) is 0 Å². The van der Waals surface area contributed by atoms with Gasteiger partial charge in [-0.3, -0.25) is 4.79 Å². The number of nitrogens with zero attached hydrogens (tertiary/aromatic N) is 1. The number of rotatable bonds is 5. The van der Waals surface area contributed by atoms with Crippen LogP contribution >= 0.6 is 27.7 Å². The molecule has 3 aromatic carbocycles. The molecule has 0 saturated carbocycles. The fraction of sp³-hybridized carbons (Fsp3) is 0.174. The summed E-state index contributed by atoms with van der Waals surface area (Å²) in [6.07, 6.45) is 0. The van der Waals surface area contributed by atoms with Crippen LogP contribution in [0.5, 0.6) is 17.2 Å². The smallest absolute Gasteiger partial charge is 0.255 e. The minimum atomic E-state index is -0.327. The lowest BCUT2D eigenvalue weighted by Gasteiger charge is -2.26. The first-order valence-electron chi connectivity index (χ1n) is 9.34. The second-order valence-corrected chi connectivity index (χ2v) is 8.80. The van der Waals surface area contributed by atoms with Crippen LogP contribution in [-0.4, -0.2) is 30.2 Å². The molecule has 4 nitrogen and oxygen atoms in total. The maximum atomic E-state index is 13.3. The third kappa shape index (κ3) is 4.47. The van der Waals surface area contributed by atoms with Gasteiger partial charge >= 0.3 is 0 Å².